The molecule has 1 N–H and O–H groups in total. The van der Waals surface area contributed by atoms with Crippen molar-refractivity contribution in [1.29, 1.82) is 0 Å². The van der Waals surface area contributed by atoms with Crippen LogP contribution in [-0.4, -0.2) is 21.7 Å². The monoisotopic (exact) mass is 383 g/mol. The van der Waals surface area contributed by atoms with Crippen LogP contribution in [0, 0.1) is 6.92 Å². The molecule has 1 unspecified atom stereocenters. The van der Waals surface area contributed by atoms with Crippen LogP contribution in [0.1, 0.15) is 28.3 Å². The molecule has 1 fully saturated rings. The van der Waals surface area contributed by atoms with Gasteiger partial charge < -0.3 is 10.0 Å². The Hall–Kier alpha value is -3.66. The van der Waals surface area contributed by atoms with Gasteiger partial charge in [-0.2, -0.15) is 0 Å². The molecule has 29 heavy (non-hydrogen) atoms. The number of amides is 1. The quantitative estimate of drug-likeness (QED) is 0.406. The summed E-state index contributed by atoms with van der Waals surface area (Å²) in [6, 6.07) is 25.5. The Kier molecular flexibility index (Phi) is 5.00. The van der Waals surface area contributed by atoms with E-state index in [0.29, 0.717) is 5.56 Å². The van der Waals surface area contributed by atoms with Gasteiger partial charge in [0.05, 0.1) is 11.6 Å². The number of benzene rings is 3. The minimum absolute atomic E-state index is 0.126. The van der Waals surface area contributed by atoms with Gasteiger partial charge >= 0.3 is 0 Å². The van der Waals surface area contributed by atoms with Crippen LogP contribution < -0.4 is 0 Å². The number of rotatable bonds is 4. The molecular formula is C25H21NO3. The van der Waals surface area contributed by atoms with Crippen molar-refractivity contribution in [3.63, 3.8) is 0 Å². The summed E-state index contributed by atoms with van der Waals surface area (Å²) in [7, 11) is 0. The van der Waals surface area contributed by atoms with Crippen molar-refractivity contribution in [2.45, 2.75) is 19.5 Å². The Morgan fingerprint density at radius 2 is 1.45 bits per heavy atom. The number of hydrogen-bond acceptors (Lipinski definition) is 3. The van der Waals surface area contributed by atoms with E-state index in [1.54, 1.807) is 24.3 Å². The molecule has 144 valence electrons. The molecule has 4 nitrogen and oxygen atoms in total. The molecule has 0 aliphatic carbocycles. The number of hydrogen-bond donors (Lipinski definition) is 1. The molecule has 0 saturated carbocycles. The molecule has 3 aromatic carbocycles. The number of aliphatic hydroxyl groups is 1. The van der Waals surface area contributed by atoms with Gasteiger partial charge in [-0.15, -0.1) is 0 Å². The van der Waals surface area contributed by atoms with Crippen LogP contribution >= 0.6 is 0 Å². The lowest BCUT2D eigenvalue weighted by atomic mass is 9.94. The molecule has 0 bridgehead atoms. The van der Waals surface area contributed by atoms with Crippen molar-refractivity contribution in [1.82, 2.24) is 4.90 Å². The molecule has 1 amide bonds. The van der Waals surface area contributed by atoms with Crippen LogP contribution in [0.4, 0.5) is 0 Å². The highest BCUT2D eigenvalue weighted by molar-refractivity contribution is 6.46. The fourth-order valence-corrected chi connectivity index (χ4v) is 3.67. The Bertz CT molecular complexity index is 1070. The lowest BCUT2D eigenvalue weighted by Gasteiger charge is -2.25. The second kappa shape index (κ2) is 7.76. The van der Waals surface area contributed by atoms with Crippen molar-refractivity contribution in [2.75, 3.05) is 0 Å². The molecule has 3 aromatic rings. The fraction of sp³-hybridized carbons (Fsp3) is 0.120. The van der Waals surface area contributed by atoms with Crippen molar-refractivity contribution in [2.24, 2.45) is 0 Å². The normalized spacial score (nSPS) is 18.2. The second-order valence-corrected chi connectivity index (χ2v) is 7.19. The third-order valence-electron chi connectivity index (χ3n) is 5.18. The van der Waals surface area contributed by atoms with Crippen LogP contribution in [0.3, 0.4) is 0 Å². The van der Waals surface area contributed by atoms with Crippen molar-refractivity contribution >= 4 is 17.4 Å². The summed E-state index contributed by atoms with van der Waals surface area (Å²) in [5.74, 6) is -1.41. The van der Waals surface area contributed by atoms with E-state index in [9.17, 15) is 14.7 Å². The Labute approximate surface area is 169 Å². The SMILES string of the molecule is Cc1ccc(C2C(=C(O)c3ccccc3)C(=O)C(=O)N2Cc2ccccc2)cc1. The van der Waals surface area contributed by atoms with E-state index in [2.05, 4.69) is 0 Å². The molecule has 0 aromatic heterocycles. The smallest absolute Gasteiger partial charge is 0.295 e. The van der Waals surface area contributed by atoms with E-state index < -0.39 is 17.7 Å². The maximum absolute atomic E-state index is 13.0. The molecule has 0 radical (unpaired) electrons. The average molecular weight is 383 g/mol. The number of Topliss-reactive ketones (excluding diaryl/α,β-unsaturated/α-hetero) is 1. The van der Waals surface area contributed by atoms with Gasteiger partial charge in [-0.1, -0.05) is 90.5 Å². The Morgan fingerprint density at radius 1 is 0.862 bits per heavy atom. The van der Waals surface area contributed by atoms with Gasteiger partial charge in [-0.25, -0.2) is 0 Å². The predicted octanol–water partition coefficient (Wildman–Crippen LogP) is 4.62. The summed E-state index contributed by atoms with van der Waals surface area (Å²) in [5.41, 5.74) is 3.44. The number of aryl methyl sites for hydroxylation is 1. The van der Waals surface area contributed by atoms with E-state index in [1.807, 2.05) is 67.6 Å². The molecule has 4 rings (SSSR count). The number of ketones is 1. The zero-order valence-corrected chi connectivity index (χ0v) is 16.1. The highest BCUT2D eigenvalue weighted by atomic mass is 16.3. The van der Waals surface area contributed by atoms with E-state index >= 15 is 0 Å². The molecule has 1 heterocycles. The zero-order valence-electron chi connectivity index (χ0n) is 16.1. The van der Waals surface area contributed by atoms with Gasteiger partial charge in [0.25, 0.3) is 11.7 Å². The highest BCUT2D eigenvalue weighted by Gasteiger charge is 2.45. The third-order valence-corrected chi connectivity index (χ3v) is 5.18. The molecule has 4 heteroatoms. The first-order chi connectivity index (χ1) is 14.1. The minimum Gasteiger partial charge on any atom is -0.507 e. The molecule has 0 spiro atoms. The number of likely N-dealkylation sites (tertiary alicyclic amines) is 1. The van der Waals surface area contributed by atoms with Crippen molar-refractivity contribution in [3.05, 3.63) is 113 Å². The second-order valence-electron chi connectivity index (χ2n) is 7.19. The number of aliphatic hydroxyl groups excluding tert-OH is 1. The summed E-state index contributed by atoms with van der Waals surface area (Å²) < 4.78 is 0. The summed E-state index contributed by atoms with van der Waals surface area (Å²) >= 11 is 0. The topological polar surface area (TPSA) is 57.6 Å². The van der Waals surface area contributed by atoms with Crippen LogP contribution in [0.25, 0.3) is 5.76 Å². The fourth-order valence-electron chi connectivity index (χ4n) is 3.67. The van der Waals surface area contributed by atoms with Crippen molar-refractivity contribution < 1.29 is 14.7 Å². The van der Waals surface area contributed by atoms with Gasteiger partial charge in [-0.3, -0.25) is 9.59 Å². The lowest BCUT2D eigenvalue weighted by molar-refractivity contribution is -0.140. The first-order valence-corrected chi connectivity index (χ1v) is 9.50. The van der Waals surface area contributed by atoms with Crippen LogP contribution in [0.15, 0.2) is 90.5 Å². The van der Waals surface area contributed by atoms with E-state index in [1.165, 1.54) is 4.90 Å². The number of nitrogens with zero attached hydrogens (tertiary/aromatic N) is 1. The average Bonchev–Trinajstić information content (AvgIpc) is 3.00. The van der Waals surface area contributed by atoms with Gasteiger partial charge in [0.15, 0.2) is 0 Å². The molecule has 1 atom stereocenters. The molecule has 1 saturated heterocycles. The van der Waals surface area contributed by atoms with E-state index in [0.717, 1.165) is 16.7 Å². The standard InChI is InChI=1S/C25H21NO3/c1-17-12-14-19(15-13-17)22-21(23(27)20-10-6-3-7-11-20)24(28)25(29)26(22)16-18-8-4-2-5-9-18/h2-15,22,27H,16H2,1H3. The van der Waals surface area contributed by atoms with Gasteiger partial charge in [0.1, 0.15) is 5.76 Å². The summed E-state index contributed by atoms with van der Waals surface area (Å²) in [6.45, 7) is 2.27. The third kappa shape index (κ3) is 3.57. The number of carbonyl (C=O) groups excluding carboxylic acids is 2. The van der Waals surface area contributed by atoms with Gasteiger partial charge in [-0.05, 0) is 18.1 Å². The van der Waals surface area contributed by atoms with Crippen LogP contribution in [0.5, 0.6) is 0 Å². The minimum atomic E-state index is -0.659. The highest BCUT2D eigenvalue weighted by Crippen LogP contribution is 2.40. The molecular weight excluding hydrogens is 362 g/mol. The predicted molar refractivity (Wildman–Crippen MR) is 112 cm³/mol. The van der Waals surface area contributed by atoms with E-state index in [-0.39, 0.29) is 17.9 Å². The summed E-state index contributed by atoms with van der Waals surface area (Å²) in [6.07, 6.45) is 0. The Balaban J connectivity index is 1.86. The largest absolute Gasteiger partial charge is 0.507 e. The van der Waals surface area contributed by atoms with Gasteiger partial charge in [0, 0.05) is 12.1 Å². The summed E-state index contributed by atoms with van der Waals surface area (Å²) in [4.78, 5) is 27.4. The maximum Gasteiger partial charge on any atom is 0.295 e. The zero-order chi connectivity index (χ0) is 20.4. The van der Waals surface area contributed by atoms with Crippen LogP contribution in [-0.2, 0) is 16.1 Å². The first kappa shape index (κ1) is 18.7. The number of carbonyl (C=O) groups is 2. The molecule has 1 aliphatic heterocycles. The van der Waals surface area contributed by atoms with Gasteiger partial charge in [0.2, 0.25) is 0 Å². The first-order valence-electron chi connectivity index (χ1n) is 9.50. The Morgan fingerprint density at radius 3 is 2.07 bits per heavy atom. The van der Waals surface area contributed by atoms with E-state index in [4.69, 9.17) is 0 Å². The summed E-state index contributed by atoms with van der Waals surface area (Å²) in [5, 5.41) is 11.0. The molecule has 1 aliphatic rings. The van der Waals surface area contributed by atoms with Crippen LogP contribution in [0.2, 0.25) is 0 Å². The lowest BCUT2D eigenvalue weighted by Crippen LogP contribution is -2.29. The maximum atomic E-state index is 13.0. The van der Waals surface area contributed by atoms with Crippen molar-refractivity contribution in [3.8, 4) is 0 Å².